The number of rotatable bonds is 5. The standard InChI is InChI=1S/C18H20BrN5O2S/c19-13-4-5-16(15(11-13)17(20)23-21)22-18(25)12-2-1-3-14(10-12)27-24-6-8-26-9-7-24/h1-5,10-11H,6-9,21H2,(H2,20,23)(H,22,25). The Hall–Kier alpha value is -2.07. The van der Waals surface area contributed by atoms with Crippen molar-refractivity contribution in [1.29, 1.82) is 0 Å². The molecule has 0 spiro atoms. The first-order valence-electron chi connectivity index (χ1n) is 8.32. The van der Waals surface area contributed by atoms with E-state index < -0.39 is 0 Å². The number of morpholine rings is 1. The number of hydrogen-bond donors (Lipinski definition) is 3. The van der Waals surface area contributed by atoms with Gasteiger partial charge < -0.3 is 21.6 Å². The number of carbonyl (C=O) groups is 1. The molecule has 1 heterocycles. The van der Waals surface area contributed by atoms with Gasteiger partial charge in [-0.1, -0.05) is 22.0 Å². The summed E-state index contributed by atoms with van der Waals surface area (Å²) in [5.41, 5.74) is 7.50. The van der Waals surface area contributed by atoms with Crippen molar-refractivity contribution in [2.24, 2.45) is 16.7 Å². The Balaban J connectivity index is 1.76. The Bertz CT molecular complexity index is 855. The van der Waals surface area contributed by atoms with Crippen molar-refractivity contribution in [3.63, 3.8) is 0 Å². The van der Waals surface area contributed by atoms with E-state index >= 15 is 0 Å². The van der Waals surface area contributed by atoms with Crippen LogP contribution < -0.4 is 16.9 Å². The number of nitrogens with one attached hydrogen (secondary N) is 1. The van der Waals surface area contributed by atoms with Crippen LogP contribution in [0.4, 0.5) is 5.69 Å². The second-order valence-corrected chi connectivity index (χ2v) is 7.90. The van der Waals surface area contributed by atoms with Crippen LogP contribution >= 0.6 is 27.9 Å². The zero-order valence-electron chi connectivity index (χ0n) is 14.5. The van der Waals surface area contributed by atoms with Crippen molar-refractivity contribution in [2.75, 3.05) is 31.6 Å². The maximum Gasteiger partial charge on any atom is 0.255 e. The van der Waals surface area contributed by atoms with Gasteiger partial charge in [0.1, 0.15) is 0 Å². The molecule has 0 atom stereocenters. The summed E-state index contributed by atoms with van der Waals surface area (Å²) >= 11 is 5.01. The molecule has 0 unspecified atom stereocenters. The van der Waals surface area contributed by atoms with E-state index in [4.69, 9.17) is 16.3 Å². The summed E-state index contributed by atoms with van der Waals surface area (Å²) in [5.74, 6) is 5.21. The van der Waals surface area contributed by atoms with Crippen molar-refractivity contribution in [3.8, 4) is 0 Å². The summed E-state index contributed by atoms with van der Waals surface area (Å²) in [7, 11) is 0. The lowest BCUT2D eigenvalue weighted by Gasteiger charge is -2.25. The smallest absolute Gasteiger partial charge is 0.255 e. The molecule has 2 aromatic carbocycles. The molecule has 1 aliphatic rings. The quantitative estimate of drug-likeness (QED) is 0.213. The average molecular weight is 450 g/mol. The molecule has 0 saturated carbocycles. The third kappa shape index (κ3) is 5.23. The van der Waals surface area contributed by atoms with E-state index in [2.05, 4.69) is 30.7 Å². The molecule has 9 heteroatoms. The lowest BCUT2D eigenvalue weighted by molar-refractivity contribution is 0.0773. The monoisotopic (exact) mass is 449 g/mol. The number of halogens is 1. The van der Waals surface area contributed by atoms with Crippen LogP contribution in [0.5, 0.6) is 0 Å². The van der Waals surface area contributed by atoms with Gasteiger partial charge in [-0.25, -0.2) is 4.31 Å². The Morgan fingerprint density at radius 3 is 2.74 bits per heavy atom. The van der Waals surface area contributed by atoms with E-state index in [1.807, 2.05) is 24.3 Å². The van der Waals surface area contributed by atoms with Crippen molar-refractivity contribution < 1.29 is 9.53 Å². The van der Waals surface area contributed by atoms with Crippen molar-refractivity contribution in [2.45, 2.75) is 4.90 Å². The number of amidine groups is 1. The van der Waals surface area contributed by atoms with Crippen LogP contribution in [-0.2, 0) is 4.74 Å². The van der Waals surface area contributed by atoms with Crippen LogP contribution in [0.3, 0.4) is 0 Å². The summed E-state index contributed by atoms with van der Waals surface area (Å²) in [4.78, 5) is 13.7. The molecule has 1 fully saturated rings. The highest BCUT2D eigenvalue weighted by atomic mass is 79.9. The van der Waals surface area contributed by atoms with E-state index in [1.54, 1.807) is 30.1 Å². The fraction of sp³-hybridized carbons (Fsp3) is 0.222. The molecule has 142 valence electrons. The Morgan fingerprint density at radius 2 is 2.00 bits per heavy atom. The molecular weight excluding hydrogens is 430 g/mol. The number of amides is 1. The summed E-state index contributed by atoms with van der Waals surface area (Å²) < 4.78 is 8.40. The zero-order valence-corrected chi connectivity index (χ0v) is 16.9. The van der Waals surface area contributed by atoms with E-state index in [-0.39, 0.29) is 11.7 Å². The Labute approximate surface area is 170 Å². The maximum atomic E-state index is 12.7. The van der Waals surface area contributed by atoms with Gasteiger partial charge in [0.15, 0.2) is 5.84 Å². The first-order valence-corrected chi connectivity index (χ1v) is 9.89. The van der Waals surface area contributed by atoms with Crippen LogP contribution in [0.2, 0.25) is 0 Å². The number of hydrogen-bond acceptors (Lipinski definition) is 6. The van der Waals surface area contributed by atoms with Gasteiger partial charge in [-0.05, 0) is 48.3 Å². The molecular formula is C18H20BrN5O2S. The molecule has 27 heavy (non-hydrogen) atoms. The van der Waals surface area contributed by atoms with Gasteiger partial charge in [0.2, 0.25) is 0 Å². The van der Waals surface area contributed by atoms with Gasteiger partial charge in [-0.3, -0.25) is 4.79 Å². The number of carbonyl (C=O) groups excluding carboxylic acids is 1. The van der Waals surface area contributed by atoms with Crippen molar-refractivity contribution in [3.05, 3.63) is 58.1 Å². The molecule has 0 bridgehead atoms. The van der Waals surface area contributed by atoms with E-state index in [1.165, 1.54) is 0 Å². The zero-order chi connectivity index (χ0) is 19.2. The predicted octanol–water partition coefficient (Wildman–Crippen LogP) is 2.62. The SMILES string of the molecule is N/N=C(\N)c1cc(Br)ccc1NC(=O)c1cccc(SN2CCOCC2)c1. The van der Waals surface area contributed by atoms with E-state index in [0.717, 1.165) is 35.7 Å². The third-order valence-corrected chi connectivity index (χ3v) is 5.53. The molecule has 5 N–H and O–H groups in total. The molecule has 0 radical (unpaired) electrons. The van der Waals surface area contributed by atoms with Gasteiger partial charge in [-0.2, -0.15) is 5.10 Å². The van der Waals surface area contributed by atoms with Crippen LogP contribution in [0.15, 0.2) is 56.9 Å². The number of hydrazone groups is 1. The van der Waals surface area contributed by atoms with Gasteiger partial charge in [-0.15, -0.1) is 0 Å². The number of ether oxygens (including phenoxy) is 1. The Kier molecular flexibility index (Phi) is 6.73. The minimum atomic E-state index is -0.229. The van der Waals surface area contributed by atoms with Crippen LogP contribution in [0.25, 0.3) is 0 Å². The molecule has 7 nitrogen and oxygen atoms in total. The fourth-order valence-electron chi connectivity index (χ4n) is 2.58. The Morgan fingerprint density at radius 1 is 1.22 bits per heavy atom. The topological polar surface area (TPSA) is 106 Å². The van der Waals surface area contributed by atoms with Gasteiger partial charge in [0.25, 0.3) is 5.91 Å². The summed E-state index contributed by atoms with van der Waals surface area (Å²) in [6.07, 6.45) is 0. The number of nitrogens with two attached hydrogens (primary N) is 2. The van der Waals surface area contributed by atoms with Crippen LogP contribution in [-0.4, -0.2) is 42.4 Å². The summed E-state index contributed by atoms with van der Waals surface area (Å²) in [6, 6.07) is 12.8. The lowest BCUT2D eigenvalue weighted by Crippen LogP contribution is -2.30. The number of nitrogens with zero attached hydrogens (tertiary/aromatic N) is 2. The minimum Gasteiger partial charge on any atom is -0.382 e. The lowest BCUT2D eigenvalue weighted by atomic mass is 10.1. The minimum absolute atomic E-state index is 0.142. The second kappa shape index (κ2) is 9.23. The van der Waals surface area contributed by atoms with Gasteiger partial charge in [0, 0.05) is 33.6 Å². The van der Waals surface area contributed by atoms with Gasteiger partial charge >= 0.3 is 0 Å². The maximum absolute atomic E-state index is 12.7. The summed E-state index contributed by atoms with van der Waals surface area (Å²) in [6.45, 7) is 3.18. The average Bonchev–Trinajstić information content (AvgIpc) is 2.69. The largest absolute Gasteiger partial charge is 0.382 e. The molecule has 0 aliphatic carbocycles. The highest BCUT2D eigenvalue weighted by molar-refractivity contribution is 9.10. The first kappa shape index (κ1) is 19.7. The molecule has 2 aromatic rings. The normalized spacial score (nSPS) is 15.5. The molecule has 1 amide bonds. The molecule has 0 aromatic heterocycles. The number of benzene rings is 2. The van der Waals surface area contributed by atoms with Gasteiger partial charge in [0.05, 0.1) is 18.9 Å². The third-order valence-electron chi connectivity index (χ3n) is 3.95. The molecule has 1 saturated heterocycles. The van der Waals surface area contributed by atoms with E-state index in [9.17, 15) is 4.79 Å². The molecule has 1 aliphatic heterocycles. The molecule has 3 rings (SSSR count). The van der Waals surface area contributed by atoms with Crippen molar-refractivity contribution >= 4 is 45.3 Å². The van der Waals surface area contributed by atoms with E-state index in [0.29, 0.717) is 16.8 Å². The van der Waals surface area contributed by atoms with Crippen LogP contribution in [0.1, 0.15) is 15.9 Å². The predicted molar refractivity (Wildman–Crippen MR) is 112 cm³/mol. The van der Waals surface area contributed by atoms with Crippen LogP contribution in [0, 0.1) is 0 Å². The summed E-state index contributed by atoms with van der Waals surface area (Å²) in [5, 5.41) is 6.40. The first-order chi connectivity index (χ1) is 13.1. The fourth-order valence-corrected chi connectivity index (χ4v) is 3.89. The second-order valence-electron chi connectivity index (χ2n) is 5.82. The highest BCUT2D eigenvalue weighted by Crippen LogP contribution is 2.25. The highest BCUT2D eigenvalue weighted by Gasteiger charge is 2.15. The number of anilines is 1. The van der Waals surface area contributed by atoms with Crippen molar-refractivity contribution in [1.82, 2.24) is 4.31 Å².